The number of benzene rings is 2. The molecule has 3 rings (SSSR count). The molecule has 30 heavy (non-hydrogen) atoms. The van der Waals surface area contributed by atoms with Crippen molar-refractivity contribution in [2.75, 3.05) is 6.61 Å². The van der Waals surface area contributed by atoms with E-state index in [1.54, 1.807) is 19.1 Å². The normalized spacial score (nSPS) is 11.7. The molecule has 2 N–H and O–H groups in total. The van der Waals surface area contributed by atoms with E-state index in [1.807, 2.05) is 55.5 Å². The summed E-state index contributed by atoms with van der Waals surface area (Å²) < 4.78 is 5.39. The minimum Gasteiger partial charge on any atom is -0.368 e. The van der Waals surface area contributed by atoms with E-state index in [1.165, 1.54) is 0 Å². The number of fused-ring (bicyclic) bond motifs is 1. The first-order chi connectivity index (χ1) is 14.5. The molecule has 1 aromatic heterocycles. The number of ether oxygens (including phenoxy) is 1. The number of rotatable bonds is 7. The van der Waals surface area contributed by atoms with Crippen LogP contribution in [0.25, 0.3) is 22.2 Å². The molecule has 1 unspecified atom stereocenters. The summed E-state index contributed by atoms with van der Waals surface area (Å²) in [6, 6.07) is 17.1. The Morgan fingerprint density at radius 1 is 1.13 bits per heavy atom. The second-order valence-corrected chi connectivity index (χ2v) is 6.97. The summed E-state index contributed by atoms with van der Waals surface area (Å²) in [6.45, 7) is 7.64. The van der Waals surface area contributed by atoms with Gasteiger partial charge in [-0.1, -0.05) is 54.1 Å². The number of pyridine rings is 1. The maximum Gasteiger partial charge on any atom is 0.270 e. The Bertz CT molecular complexity index is 1060. The van der Waals surface area contributed by atoms with Gasteiger partial charge in [-0.2, -0.15) is 0 Å². The van der Waals surface area contributed by atoms with Gasteiger partial charge >= 0.3 is 0 Å². The number of nitrogens with one attached hydrogen (secondary N) is 2. The Morgan fingerprint density at radius 3 is 2.60 bits per heavy atom. The van der Waals surface area contributed by atoms with Gasteiger partial charge in [0.1, 0.15) is 6.10 Å². The highest BCUT2D eigenvalue weighted by Crippen LogP contribution is 2.25. The molecule has 6 nitrogen and oxygen atoms in total. The summed E-state index contributed by atoms with van der Waals surface area (Å²) in [4.78, 5) is 29.7. The fourth-order valence-electron chi connectivity index (χ4n) is 2.93. The van der Waals surface area contributed by atoms with Crippen LogP contribution >= 0.6 is 0 Å². The van der Waals surface area contributed by atoms with E-state index < -0.39 is 17.9 Å². The molecule has 2 aromatic carbocycles. The molecular formula is C24H25N3O3. The molecule has 2 amide bonds. The Hall–Kier alpha value is -3.51. The Labute approximate surface area is 175 Å². The van der Waals surface area contributed by atoms with E-state index >= 15 is 0 Å². The lowest BCUT2D eigenvalue weighted by Gasteiger charge is -2.14. The zero-order valence-electron chi connectivity index (χ0n) is 17.1. The van der Waals surface area contributed by atoms with Crippen molar-refractivity contribution < 1.29 is 14.3 Å². The van der Waals surface area contributed by atoms with Crippen molar-refractivity contribution in [3.8, 4) is 11.3 Å². The summed E-state index contributed by atoms with van der Waals surface area (Å²) in [5, 5.41) is 0.704. The van der Waals surface area contributed by atoms with Gasteiger partial charge in [0.2, 0.25) is 0 Å². The molecule has 0 aliphatic heterocycles. The standard InChI is InChI=1S/C24H25N3O3/c1-4-5-14-30-17(3)23(28)26-27-24(29)20-15-22(18-12-10-16(2)11-13-18)25-21-9-7-6-8-19(20)21/h4,6-13,15,17H,1,5,14H2,2-3H3,(H,26,28)(H,27,29). The number of aromatic nitrogens is 1. The molecule has 0 radical (unpaired) electrons. The van der Waals surface area contributed by atoms with Crippen LogP contribution in [0.1, 0.15) is 29.3 Å². The van der Waals surface area contributed by atoms with Crippen LogP contribution < -0.4 is 10.9 Å². The Kier molecular flexibility index (Phi) is 6.93. The predicted octanol–water partition coefficient (Wildman–Crippen LogP) is 3.95. The van der Waals surface area contributed by atoms with E-state index in [-0.39, 0.29) is 0 Å². The van der Waals surface area contributed by atoms with Gasteiger partial charge in [0.15, 0.2) is 0 Å². The molecule has 154 valence electrons. The SMILES string of the molecule is C=CCCOC(C)C(=O)NNC(=O)c1cc(-c2ccc(C)cc2)nc2ccccc12. The molecule has 0 saturated heterocycles. The third-order valence-corrected chi connectivity index (χ3v) is 4.67. The van der Waals surface area contributed by atoms with Crippen molar-refractivity contribution in [1.82, 2.24) is 15.8 Å². The smallest absolute Gasteiger partial charge is 0.270 e. The van der Waals surface area contributed by atoms with E-state index in [0.29, 0.717) is 35.2 Å². The number of hydrazine groups is 1. The number of hydrogen-bond donors (Lipinski definition) is 2. The minimum atomic E-state index is -0.692. The van der Waals surface area contributed by atoms with Crippen molar-refractivity contribution >= 4 is 22.7 Å². The van der Waals surface area contributed by atoms with Crippen molar-refractivity contribution in [2.24, 2.45) is 0 Å². The quantitative estimate of drug-likeness (QED) is 0.356. The van der Waals surface area contributed by atoms with Gasteiger partial charge in [-0.3, -0.25) is 20.4 Å². The summed E-state index contributed by atoms with van der Waals surface area (Å²) in [6.07, 6.45) is 1.67. The van der Waals surface area contributed by atoms with Crippen LogP contribution in [-0.2, 0) is 9.53 Å². The molecule has 0 fully saturated rings. The fraction of sp³-hybridized carbons (Fsp3) is 0.208. The van der Waals surface area contributed by atoms with E-state index in [9.17, 15) is 9.59 Å². The third-order valence-electron chi connectivity index (χ3n) is 4.67. The maximum atomic E-state index is 12.9. The second kappa shape index (κ2) is 9.80. The monoisotopic (exact) mass is 403 g/mol. The highest BCUT2D eigenvalue weighted by molar-refractivity contribution is 6.07. The highest BCUT2D eigenvalue weighted by atomic mass is 16.5. The minimum absolute atomic E-state index is 0.390. The van der Waals surface area contributed by atoms with Gasteiger partial charge in [-0.15, -0.1) is 6.58 Å². The van der Waals surface area contributed by atoms with Crippen LogP contribution in [0.5, 0.6) is 0 Å². The summed E-state index contributed by atoms with van der Waals surface area (Å²) in [5.41, 5.74) is 8.78. The third kappa shape index (κ3) is 5.10. The van der Waals surface area contributed by atoms with Gasteiger partial charge in [0, 0.05) is 10.9 Å². The number of aryl methyl sites for hydroxylation is 1. The number of hydrogen-bond acceptors (Lipinski definition) is 4. The van der Waals surface area contributed by atoms with Crippen molar-refractivity contribution in [3.05, 3.63) is 78.4 Å². The average molecular weight is 403 g/mol. The lowest BCUT2D eigenvalue weighted by Crippen LogP contribution is -2.46. The zero-order valence-corrected chi connectivity index (χ0v) is 17.1. The second-order valence-electron chi connectivity index (χ2n) is 6.97. The molecule has 3 aromatic rings. The van der Waals surface area contributed by atoms with Crippen molar-refractivity contribution in [1.29, 1.82) is 0 Å². The number of carbonyl (C=O) groups excluding carboxylic acids is 2. The van der Waals surface area contributed by atoms with Gasteiger partial charge in [0.05, 0.1) is 23.4 Å². The number of amides is 2. The molecule has 0 aliphatic rings. The lowest BCUT2D eigenvalue weighted by atomic mass is 10.0. The van der Waals surface area contributed by atoms with E-state index in [4.69, 9.17) is 4.74 Å². The number of nitrogens with zero attached hydrogens (tertiary/aromatic N) is 1. The summed E-state index contributed by atoms with van der Waals surface area (Å²) in [5.74, 6) is -0.849. The largest absolute Gasteiger partial charge is 0.368 e. The molecule has 0 bridgehead atoms. The van der Waals surface area contributed by atoms with Crippen molar-refractivity contribution in [2.45, 2.75) is 26.4 Å². The molecule has 0 spiro atoms. The average Bonchev–Trinajstić information content (AvgIpc) is 2.77. The van der Waals surface area contributed by atoms with E-state index in [0.717, 1.165) is 11.1 Å². The Balaban J connectivity index is 1.81. The van der Waals surface area contributed by atoms with Crippen LogP contribution in [-0.4, -0.2) is 29.5 Å². The fourth-order valence-corrected chi connectivity index (χ4v) is 2.93. The number of carbonyl (C=O) groups is 2. The van der Waals surface area contributed by atoms with Crippen LogP contribution in [0, 0.1) is 6.92 Å². The van der Waals surface area contributed by atoms with Crippen LogP contribution in [0.15, 0.2) is 67.3 Å². The molecule has 1 heterocycles. The van der Waals surface area contributed by atoms with E-state index in [2.05, 4.69) is 22.4 Å². The van der Waals surface area contributed by atoms with Gasteiger partial charge < -0.3 is 4.74 Å². The molecule has 1 atom stereocenters. The first kappa shape index (κ1) is 21.2. The highest BCUT2D eigenvalue weighted by Gasteiger charge is 2.17. The van der Waals surface area contributed by atoms with Crippen LogP contribution in [0.3, 0.4) is 0 Å². The van der Waals surface area contributed by atoms with Crippen molar-refractivity contribution in [3.63, 3.8) is 0 Å². The van der Waals surface area contributed by atoms with Crippen LogP contribution in [0.2, 0.25) is 0 Å². The molecular weight excluding hydrogens is 378 g/mol. The van der Waals surface area contributed by atoms with Gasteiger partial charge in [-0.25, -0.2) is 4.98 Å². The lowest BCUT2D eigenvalue weighted by molar-refractivity contribution is -0.132. The molecule has 0 aliphatic carbocycles. The maximum absolute atomic E-state index is 12.9. The number of para-hydroxylation sites is 1. The first-order valence-corrected chi connectivity index (χ1v) is 9.79. The van der Waals surface area contributed by atoms with Crippen LogP contribution in [0.4, 0.5) is 0 Å². The molecule has 0 saturated carbocycles. The first-order valence-electron chi connectivity index (χ1n) is 9.79. The predicted molar refractivity (Wildman–Crippen MR) is 118 cm³/mol. The summed E-state index contributed by atoms with van der Waals surface area (Å²) >= 11 is 0. The topological polar surface area (TPSA) is 80.3 Å². The zero-order chi connectivity index (χ0) is 21.5. The Morgan fingerprint density at radius 2 is 1.87 bits per heavy atom. The van der Waals surface area contributed by atoms with Gasteiger partial charge in [-0.05, 0) is 32.4 Å². The molecule has 6 heteroatoms. The summed E-state index contributed by atoms with van der Waals surface area (Å²) in [7, 11) is 0. The van der Waals surface area contributed by atoms with Gasteiger partial charge in [0.25, 0.3) is 11.8 Å².